The Morgan fingerprint density at radius 2 is 2.11 bits per heavy atom. The number of benzene rings is 1. The van der Waals surface area contributed by atoms with E-state index in [4.69, 9.17) is 10.00 Å². The van der Waals surface area contributed by atoms with E-state index in [9.17, 15) is 13.6 Å². The molecule has 1 aromatic rings. The van der Waals surface area contributed by atoms with Gasteiger partial charge in [0.25, 0.3) is 0 Å². The molecule has 0 atom stereocenters. The van der Waals surface area contributed by atoms with E-state index >= 15 is 0 Å². The highest BCUT2D eigenvalue weighted by Gasteiger charge is 2.21. The minimum Gasteiger partial charge on any atom is -0.462 e. The number of aryl methyl sites for hydroxylation is 1. The standard InChI is InChI=1S/C13H13F2NO3/c1-3-8-5-6-9(12(17)18-4-2)10(7-16)11(8)19-13(14)15/h5-6,13H,3-4H2,1-2H3. The van der Waals surface area contributed by atoms with Gasteiger partial charge in [-0.05, 0) is 25.0 Å². The number of hydrogen-bond donors (Lipinski definition) is 0. The summed E-state index contributed by atoms with van der Waals surface area (Å²) in [6.45, 7) is 0.416. The normalized spacial score (nSPS) is 10.1. The van der Waals surface area contributed by atoms with Gasteiger partial charge in [0.15, 0.2) is 0 Å². The summed E-state index contributed by atoms with van der Waals surface area (Å²) in [4.78, 5) is 11.6. The maximum absolute atomic E-state index is 12.4. The average molecular weight is 269 g/mol. The third-order valence-electron chi connectivity index (χ3n) is 2.43. The lowest BCUT2D eigenvalue weighted by molar-refractivity contribution is -0.0507. The summed E-state index contributed by atoms with van der Waals surface area (Å²) in [7, 11) is 0. The van der Waals surface area contributed by atoms with Crippen LogP contribution in [0.2, 0.25) is 0 Å². The molecule has 0 fully saturated rings. The van der Waals surface area contributed by atoms with E-state index in [0.29, 0.717) is 12.0 Å². The fourth-order valence-electron chi connectivity index (χ4n) is 1.62. The molecule has 0 aliphatic rings. The first-order chi connectivity index (χ1) is 9.04. The van der Waals surface area contributed by atoms with Crippen molar-refractivity contribution in [3.05, 3.63) is 28.8 Å². The number of hydrogen-bond acceptors (Lipinski definition) is 4. The van der Waals surface area contributed by atoms with Gasteiger partial charge >= 0.3 is 12.6 Å². The summed E-state index contributed by atoms with van der Waals surface area (Å²) in [6.07, 6.45) is 0.403. The fraction of sp³-hybridized carbons (Fsp3) is 0.385. The van der Waals surface area contributed by atoms with Crippen molar-refractivity contribution in [2.45, 2.75) is 26.9 Å². The summed E-state index contributed by atoms with van der Waals surface area (Å²) in [6, 6.07) is 4.58. The molecule has 4 nitrogen and oxygen atoms in total. The zero-order chi connectivity index (χ0) is 14.4. The Hall–Kier alpha value is -2.16. The van der Waals surface area contributed by atoms with Crippen molar-refractivity contribution in [2.75, 3.05) is 6.61 Å². The Morgan fingerprint density at radius 3 is 2.58 bits per heavy atom. The van der Waals surface area contributed by atoms with Crippen LogP contribution in [-0.4, -0.2) is 19.2 Å². The van der Waals surface area contributed by atoms with Crippen LogP contribution in [0.3, 0.4) is 0 Å². The number of esters is 1. The van der Waals surface area contributed by atoms with Gasteiger partial charge in [0.2, 0.25) is 0 Å². The van der Waals surface area contributed by atoms with Gasteiger partial charge in [-0.3, -0.25) is 0 Å². The molecule has 0 bridgehead atoms. The maximum atomic E-state index is 12.4. The van der Waals surface area contributed by atoms with Gasteiger partial charge in [0, 0.05) is 0 Å². The van der Waals surface area contributed by atoms with Gasteiger partial charge < -0.3 is 9.47 Å². The van der Waals surface area contributed by atoms with Crippen LogP contribution in [0.5, 0.6) is 5.75 Å². The topological polar surface area (TPSA) is 59.3 Å². The van der Waals surface area contributed by atoms with Crippen LogP contribution in [0.4, 0.5) is 8.78 Å². The lowest BCUT2D eigenvalue weighted by atomic mass is 10.0. The van der Waals surface area contributed by atoms with Crippen LogP contribution in [0.25, 0.3) is 0 Å². The first-order valence-electron chi connectivity index (χ1n) is 5.73. The highest BCUT2D eigenvalue weighted by atomic mass is 19.3. The van der Waals surface area contributed by atoms with Crippen LogP contribution in [0.15, 0.2) is 12.1 Å². The molecular formula is C13H13F2NO3. The Bertz CT molecular complexity index is 509. The van der Waals surface area contributed by atoms with E-state index in [1.807, 2.05) is 0 Å². The number of carbonyl (C=O) groups excluding carboxylic acids is 1. The predicted molar refractivity (Wildman–Crippen MR) is 63.1 cm³/mol. The number of alkyl halides is 2. The number of carbonyl (C=O) groups is 1. The van der Waals surface area contributed by atoms with Gasteiger partial charge in [0.05, 0.1) is 12.2 Å². The molecule has 0 aliphatic carbocycles. The molecule has 0 N–H and O–H groups in total. The van der Waals surface area contributed by atoms with Crippen molar-refractivity contribution >= 4 is 5.97 Å². The first kappa shape index (κ1) is 14.9. The second-order valence-electron chi connectivity index (χ2n) is 3.54. The minimum absolute atomic E-state index is 0.0720. The molecule has 19 heavy (non-hydrogen) atoms. The zero-order valence-corrected chi connectivity index (χ0v) is 10.6. The minimum atomic E-state index is -3.06. The van der Waals surface area contributed by atoms with Crippen molar-refractivity contribution in [1.29, 1.82) is 5.26 Å². The Morgan fingerprint density at radius 1 is 1.42 bits per heavy atom. The number of halogens is 2. The molecular weight excluding hydrogens is 256 g/mol. The molecule has 0 saturated heterocycles. The maximum Gasteiger partial charge on any atom is 0.387 e. The molecule has 0 aliphatic heterocycles. The Balaban J connectivity index is 3.36. The largest absolute Gasteiger partial charge is 0.462 e. The summed E-state index contributed by atoms with van der Waals surface area (Å²) in [5.41, 5.74) is 0.139. The van der Waals surface area contributed by atoms with E-state index in [-0.39, 0.29) is 23.5 Å². The third-order valence-corrected chi connectivity index (χ3v) is 2.43. The Kier molecular flexibility index (Phi) is 5.24. The molecule has 0 unspecified atom stereocenters. The molecule has 102 valence electrons. The highest BCUT2D eigenvalue weighted by molar-refractivity contribution is 5.93. The van der Waals surface area contributed by atoms with E-state index in [1.54, 1.807) is 19.9 Å². The monoisotopic (exact) mass is 269 g/mol. The molecule has 0 radical (unpaired) electrons. The van der Waals surface area contributed by atoms with Gasteiger partial charge in [0.1, 0.15) is 17.4 Å². The number of ether oxygens (including phenoxy) is 2. The molecule has 1 aromatic carbocycles. The van der Waals surface area contributed by atoms with Crippen LogP contribution >= 0.6 is 0 Å². The lowest BCUT2D eigenvalue weighted by Gasteiger charge is -2.13. The quantitative estimate of drug-likeness (QED) is 0.771. The van der Waals surface area contributed by atoms with Crippen molar-refractivity contribution in [3.63, 3.8) is 0 Å². The molecule has 0 saturated carbocycles. The van der Waals surface area contributed by atoms with Gasteiger partial charge in [-0.2, -0.15) is 14.0 Å². The van der Waals surface area contributed by atoms with E-state index in [0.717, 1.165) is 0 Å². The fourth-order valence-corrected chi connectivity index (χ4v) is 1.62. The van der Waals surface area contributed by atoms with Crippen LogP contribution in [-0.2, 0) is 11.2 Å². The number of nitriles is 1. The van der Waals surface area contributed by atoms with Gasteiger partial charge in [-0.15, -0.1) is 0 Å². The molecule has 6 heteroatoms. The lowest BCUT2D eigenvalue weighted by Crippen LogP contribution is -2.12. The van der Waals surface area contributed by atoms with Crippen LogP contribution in [0.1, 0.15) is 35.3 Å². The summed E-state index contributed by atoms with van der Waals surface area (Å²) >= 11 is 0. The number of nitrogens with zero attached hydrogens (tertiary/aromatic N) is 1. The van der Waals surface area contributed by atoms with Crippen molar-refractivity contribution < 1.29 is 23.0 Å². The SMILES string of the molecule is CCOC(=O)c1ccc(CC)c(OC(F)F)c1C#N. The summed E-state index contributed by atoms with van der Waals surface area (Å²) < 4.78 is 33.9. The van der Waals surface area contributed by atoms with Crippen molar-refractivity contribution in [3.8, 4) is 11.8 Å². The second-order valence-corrected chi connectivity index (χ2v) is 3.54. The van der Waals surface area contributed by atoms with E-state index in [1.165, 1.54) is 12.1 Å². The second kappa shape index (κ2) is 6.69. The van der Waals surface area contributed by atoms with Crippen molar-refractivity contribution in [1.82, 2.24) is 0 Å². The van der Waals surface area contributed by atoms with E-state index < -0.39 is 12.6 Å². The van der Waals surface area contributed by atoms with Crippen LogP contribution < -0.4 is 4.74 Å². The molecule has 0 aromatic heterocycles. The molecule has 0 amide bonds. The zero-order valence-electron chi connectivity index (χ0n) is 10.6. The van der Waals surface area contributed by atoms with Crippen LogP contribution in [0, 0.1) is 11.3 Å². The smallest absolute Gasteiger partial charge is 0.387 e. The number of rotatable bonds is 5. The van der Waals surface area contributed by atoms with Crippen molar-refractivity contribution in [2.24, 2.45) is 0 Å². The summed E-state index contributed by atoms with van der Waals surface area (Å²) in [5, 5.41) is 9.07. The predicted octanol–water partition coefficient (Wildman–Crippen LogP) is 2.90. The average Bonchev–Trinajstić information content (AvgIpc) is 2.37. The molecule has 0 heterocycles. The van der Waals surface area contributed by atoms with Gasteiger partial charge in [-0.25, -0.2) is 4.79 Å². The first-order valence-corrected chi connectivity index (χ1v) is 5.73. The molecule has 0 spiro atoms. The van der Waals surface area contributed by atoms with E-state index in [2.05, 4.69) is 4.74 Å². The Labute approximate surface area is 109 Å². The third kappa shape index (κ3) is 3.41. The summed E-state index contributed by atoms with van der Waals surface area (Å²) in [5.74, 6) is -0.994. The van der Waals surface area contributed by atoms with Gasteiger partial charge in [-0.1, -0.05) is 13.0 Å². The highest BCUT2D eigenvalue weighted by Crippen LogP contribution is 2.29. The molecule has 1 rings (SSSR count).